The Bertz CT molecular complexity index is 1560. The molecule has 12 heteroatoms. The van der Waals surface area contributed by atoms with Crippen LogP contribution in [0.4, 0.5) is 5.69 Å². The summed E-state index contributed by atoms with van der Waals surface area (Å²) >= 11 is 10.4. The maximum absolute atomic E-state index is 13.3. The average molecular weight is 680 g/mol. The number of hydrogen-bond donors (Lipinski definition) is 0. The van der Waals surface area contributed by atoms with Gasteiger partial charge in [0.05, 0.1) is 31.0 Å². The van der Waals surface area contributed by atoms with E-state index in [0.717, 1.165) is 10.7 Å². The van der Waals surface area contributed by atoms with Crippen LogP contribution in [0.2, 0.25) is 0 Å². The van der Waals surface area contributed by atoms with Crippen molar-refractivity contribution >= 4 is 70.6 Å². The second-order valence-electron chi connectivity index (χ2n) is 8.74. The first-order valence-electron chi connectivity index (χ1n) is 10.5. The van der Waals surface area contributed by atoms with Crippen LogP contribution in [-0.4, -0.2) is 25.8 Å². The van der Waals surface area contributed by atoms with Crippen molar-refractivity contribution in [1.82, 2.24) is 14.6 Å². The van der Waals surface area contributed by atoms with Gasteiger partial charge in [0.25, 0.3) is 11.2 Å². The third-order valence-corrected chi connectivity index (χ3v) is 6.63. The Morgan fingerprint density at radius 2 is 1.78 bits per heavy atom. The molecule has 0 spiro atoms. The van der Waals surface area contributed by atoms with E-state index in [1.807, 2.05) is 26.8 Å². The van der Waals surface area contributed by atoms with E-state index >= 15 is 0 Å². The van der Waals surface area contributed by atoms with Crippen molar-refractivity contribution in [3.8, 4) is 11.6 Å². The van der Waals surface area contributed by atoms with Gasteiger partial charge >= 0.3 is 0 Å². The van der Waals surface area contributed by atoms with Crippen LogP contribution in [0, 0.1) is 10.1 Å². The van der Waals surface area contributed by atoms with Gasteiger partial charge in [-0.05, 0) is 67.8 Å². The molecule has 9 nitrogen and oxygen atoms in total. The number of halogens is 3. The van der Waals surface area contributed by atoms with Crippen molar-refractivity contribution in [1.29, 1.82) is 0 Å². The maximum atomic E-state index is 13.3. The minimum Gasteiger partial charge on any atom is -0.437 e. The Balaban J connectivity index is 1.71. The highest BCUT2D eigenvalue weighted by molar-refractivity contribution is 9.11. The summed E-state index contributed by atoms with van der Waals surface area (Å²) in [6, 6.07) is 11.6. The summed E-state index contributed by atoms with van der Waals surface area (Å²) in [7, 11) is 0. The van der Waals surface area contributed by atoms with Crippen molar-refractivity contribution in [3.05, 3.63) is 93.9 Å². The first-order chi connectivity index (χ1) is 16.9. The lowest BCUT2D eigenvalue weighted by Crippen LogP contribution is -2.29. The van der Waals surface area contributed by atoms with Crippen molar-refractivity contribution in [2.24, 2.45) is 5.10 Å². The number of nitro groups is 1. The molecule has 0 amide bonds. The third kappa shape index (κ3) is 5.55. The zero-order valence-corrected chi connectivity index (χ0v) is 24.0. The zero-order chi connectivity index (χ0) is 26.2. The first kappa shape index (κ1) is 26.1. The molecule has 0 saturated carbocycles. The fourth-order valence-electron chi connectivity index (χ4n) is 3.26. The molecule has 0 unspecified atom stereocenters. The molecular weight excluding hydrogens is 662 g/mol. The van der Waals surface area contributed by atoms with Crippen LogP contribution in [0.25, 0.3) is 10.9 Å². The number of aromatic nitrogens is 3. The lowest BCUT2D eigenvalue weighted by Gasteiger charge is -2.20. The summed E-state index contributed by atoms with van der Waals surface area (Å²) in [6.45, 7) is 5.91. The summed E-state index contributed by atoms with van der Waals surface area (Å²) in [4.78, 5) is 32.3. The molecular formula is C24H18Br3N5O4. The Labute approximate surface area is 230 Å². The van der Waals surface area contributed by atoms with Gasteiger partial charge in [-0.15, -0.1) is 0 Å². The molecule has 0 aliphatic carbocycles. The lowest BCUT2D eigenvalue weighted by atomic mass is 9.95. The first-order valence-corrected chi connectivity index (χ1v) is 12.9. The van der Waals surface area contributed by atoms with E-state index in [0.29, 0.717) is 37.0 Å². The van der Waals surface area contributed by atoms with Gasteiger partial charge in [-0.1, -0.05) is 36.7 Å². The third-order valence-electron chi connectivity index (χ3n) is 4.96. The van der Waals surface area contributed by atoms with E-state index in [-0.39, 0.29) is 17.1 Å². The predicted molar refractivity (Wildman–Crippen MR) is 148 cm³/mol. The van der Waals surface area contributed by atoms with Crippen LogP contribution < -0.4 is 10.3 Å². The van der Waals surface area contributed by atoms with Crippen LogP contribution in [0.3, 0.4) is 0 Å². The highest BCUT2D eigenvalue weighted by Gasteiger charge is 2.23. The SMILES string of the molecule is CC(C)(C)c1nc2ccc(Br)cc2c(=O)n1N=Cc1cc(Br)c(Oc2ccc([N+](=O)[O-])cn2)c(Br)c1. The fraction of sp³-hybridized carbons (Fsp3) is 0.167. The van der Waals surface area contributed by atoms with E-state index in [1.54, 1.807) is 30.5 Å². The maximum Gasteiger partial charge on any atom is 0.287 e. The Hall–Kier alpha value is -2.96. The van der Waals surface area contributed by atoms with Crippen LogP contribution in [0.15, 0.2) is 72.0 Å². The van der Waals surface area contributed by atoms with Gasteiger partial charge in [0.2, 0.25) is 5.88 Å². The Morgan fingerprint density at radius 3 is 2.36 bits per heavy atom. The Kier molecular flexibility index (Phi) is 7.39. The molecule has 4 aromatic rings. The average Bonchev–Trinajstić information content (AvgIpc) is 2.80. The number of pyridine rings is 1. The molecule has 0 aliphatic rings. The van der Waals surface area contributed by atoms with Crippen LogP contribution in [-0.2, 0) is 5.41 Å². The summed E-state index contributed by atoms with van der Waals surface area (Å²) < 4.78 is 9.06. The standard InChI is InChI=1S/C24H18Br3N5O4/c1-24(2,3)23-30-19-6-4-14(25)10-16(19)22(33)31(23)29-11-13-8-17(26)21(18(27)9-13)36-20-7-5-15(12-28-20)32(34)35/h4-12H,1-3H3. The van der Waals surface area contributed by atoms with Crippen LogP contribution in [0.5, 0.6) is 11.6 Å². The molecule has 0 radical (unpaired) electrons. The van der Waals surface area contributed by atoms with E-state index in [1.165, 1.54) is 16.8 Å². The monoisotopic (exact) mass is 677 g/mol. The normalized spacial score (nSPS) is 11.8. The molecule has 4 rings (SSSR count). The minimum absolute atomic E-state index is 0.132. The fourth-order valence-corrected chi connectivity index (χ4v) is 5.01. The number of benzene rings is 2. The summed E-state index contributed by atoms with van der Waals surface area (Å²) in [5.41, 5.74) is 0.441. The highest BCUT2D eigenvalue weighted by atomic mass is 79.9. The van der Waals surface area contributed by atoms with Crippen molar-refractivity contribution < 1.29 is 9.66 Å². The Morgan fingerprint density at radius 1 is 1.08 bits per heavy atom. The molecule has 0 saturated heterocycles. The molecule has 0 atom stereocenters. The molecule has 2 aromatic heterocycles. The minimum atomic E-state index is -0.531. The second-order valence-corrected chi connectivity index (χ2v) is 11.4. The highest BCUT2D eigenvalue weighted by Crippen LogP contribution is 2.37. The molecule has 0 bridgehead atoms. The van der Waals surface area contributed by atoms with E-state index in [4.69, 9.17) is 9.72 Å². The van der Waals surface area contributed by atoms with Crippen molar-refractivity contribution in [2.45, 2.75) is 26.2 Å². The molecule has 0 fully saturated rings. The van der Waals surface area contributed by atoms with Gasteiger partial charge in [0, 0.05) is 22.0 Å². The zero-order valence-electron chi connectivity index (χ0n) is 19.2. The largest absolute Gasteiger partial charge is 0.437 e. The van der Waals surface area contributed by atoms with Gasteiger partial charge in [0.1, 0.15) is 12.0 Å². The van der Waals surface area contributed by atoms with Crippen molar-refractivity contribution in [2.75, 3.05) is 0 Å². The molecule has 0 aliphatic heterocycles. The number of nitrogens with zero attached hydrogens (tertiary/aromatic N) is 5. The molecule has 0 N–H and O–H groups in total. The quantitative estimate of drug-likeness (QED) is 0.128. The summed E-state index contributed by atoms with van der Waals surface area (Å²) in [5, 5.41) is 15.8. The second kappa shape index (κ2) is 10.2. The van der Waals surface area contributed by atoms with Gasteiger partial charge in [-0.25, -0.2) is 9.97 Å². The van der Waals surface area contributed by atoms with Crippen LogP contribution in [0.1, 0.15) is 32.2 Å². The number of fused-ring (bicyclic) bond motifs is 1. The van der Waals surface area contributed by atoms with Gasteiger partial charge in [0.15, 0.2) is 5.75 Å². The molecule has 2 aromatic carbocycles. The predicted octanol–water partition coefficient (Wildman–Crippen LogP) is 6.96. The van der Waals surface area contributed by atoms with E-state index in [9.17, 15) is 14.9 Å². The van der Waals surface area contributed by atoms with E-state index < -0.39 is 10.3 Å². The number of ether oxygens (including phenoxy) is 1. The topological polar surface area (TPSA) is 113 Å². The molecule has 184 valence electrons. The summed E-state index contributed by atoms with van der Waals surface area (Å²) in [5.74, 6) is 1.15. The van der Waals surface area contributed by atoms with Crippen LogP contribution >= 0.6 is 47.8 Å². The van der Waals surface area contributed by atoms with E-state index in [2.05, 4.69) is 57.9 Å². The number of rotatable bonds is 5. The van der Waals surface area contributed by atoms with Crippen molar-refractivity contribution in [3.63, 3.8) is 0 Å². The van der Waals surface area contributed by atoms with Gasteiger partial charge in [-0.3, -0.25) is 14.9 Å². The molecule has 36 heavy (non-hydrogen) atoms. The van der Waals surface area contributed by atoms with Gasteiger partial charge in [-0.2, -0.15) is 9.78 Å². The summed E-state index contributed by atoms with van der Waals surface area (Å²) in [6.07, 6.45) is 2.68. The number of hydrogen-bond acceptors (Lipinski definition) is 7. The smallest absolute Gasteiger partial charge is 0.287 e. The lowest BCUT2D eigenvalue weighted by molar-refractivity contribution is -0.385. The molecule has 2 heterocycles. The van der Waals surface area contributed by atoms with Gasteiger partial charge < -0.3 is 4.74 Å².